The topological polar surface area (TPSA) is 81.4 Å². The second-order valence-corrected chi connectivity index (χ2v) is 8.29. The van der Waals surface area contributed by atoms with Crippen LogP contribution < -0.4 is 10.6 Å². The van der Waals surface area contributed by atoms with Crippen LogP contribution >= 0.6 is 0 Å². The molecule has 1 unspecified atom stereocenters. The van der Waals surface area contributed by atoms with Gasteiger partial charge in [0, 0.05) is 44.8 Å². The van der Waals surface area contributed by atoms with E-state index in [1.807, 2.05) is 12.1 Å². The molecule has 7 nitrogen and oxygen atoms in total. The molecule has 2 saturated heterocycles. The Hall–Kier alpha value is -2.28. The minimum atomic E-state index is -0.164. The van der Waals surface area contributed by atoms with Crippen LogP contribution in [0.4, 0.5) is 5.69 Å². The fourth-order valence-corrected chi connectivity index (χ4v) is 4.78. The smallest absolute Gasteiger partial charge is 0.323 e. The van der Waals surface area contributed by atoms with E-state index >= 15 is 0 Å². The second kappa shape index (κ2) is 6.41. The summed E-state index contributed by atoms with van der Waals surface area (Å²) >= 11 is 0. The summed E-state index contributed by atoms with van der Waals surface area (Å²) < 4.78 is 5.64. The summed E-state index contributed by atoms with van der Waals surface area (Å²) in [5, 5.41) is 0. The van der Waals surface area contributed by atoms with Crippen molar-refractivity contribution in [3.05, 3.63) is 28.7 Å². The van der Waals surface area contributed by atoms with Gasteiger partial charge >= 0.3 is 11.7 Å². The number of rotatable bonds is 4. The van der Waals surface area contributed by atoms with E-state index in [0.29, 0.717) is 0 Å². The molecule has 1 spiro atoms. The number of cyclic esters (lactones) is 1. The lowest BCUT2D eigenvalue weighted by Gasteiger charge is -2.36. The number of nitrogens with one attached hydrogen (secondary N) is 2. The molecule has 3 aliphatic rings. The van der Waals surface area contributed by atoms with E-state index in [9.17, 15) is 9.59 Å². The van der Waals surface area contributed by atoms with Gasteiger partial charge in [0.2, 0.25) is 0 Å². The maximum absolute atomic E-state index is 12.1. The summed E-state index contributed by atoms with van der Waals surface area (Å²) in [5.74, 6) is 0.0572. The van der Waals surface area contributed by atoms with Crippen LogP contribution in [0, 0.1) is 5.41 Å². The normalized spacial score (nSPS) is 25.1. The van der Waals surface area contributed by atoms with Gasteiger partial charge in [-0.05, 0) is 37.5 Å². The quantitative estimate of drug-likeness (QED) is 0.803. The van der Waals surface area contributed by atoms with Crippen molar-refractivity contribution in [3.63, 3.8) is 0 Å². The zero-order chi connectivity index (χ0) is 18.4. The summed E-state index contributed by atoms with van der Waals surface area (Å²) in [6, 6.07) is 6.07. The number of carbonyl (C=O) groups excluding carboxylic acids is 1. The highest BCUT2D eigenvalue weighted by atomic mass is 16.6. The third-order valence-electron chi connectivity index (χ3n) is 6.64. The van der Waals surface area contributed by atoms with E-state index in [1.165, 1.54) is 6.42 Å². The van der Waals surface area contributed by atoms with E-state index in [2.05, 4.69) is 25.8 Å². The number of H-pyrrole nitrogens is 2. The van der Waals surface area contributed by atoms with Gasteiger partial charge in [0.25, 0.3) is 0 Å². The fraction of sp³-hybridized carbons (Fsp3) is 0.600. The van der Waals surface area contributed by atoms with Crippen molar-refractivity contribution in [2.24, 2.45) is 5.41 Å². The zero-order valence-corrected chi connectivity index (χ0v) is 15.5. The van der Waals surface area contributed by atoms with Crippen LogP contribution in [0.5, 0.6) is 0 Å². The molecule has 1 aromatic carbocycles. The van der Waals surface area contributed by atoms with Crippen LogP contribution in [0.1, 0.15) is 32.1 Å². The maximum atomic E-state index is 12.1. The first-order valence-electron chi connectivity index (χ1n) is 10.0. The first kappa shape index (κ1) is 16.9. The molecule has 144 valence electrons. The van der Waals surface area contributed by atoms with Gasteiger partial charge in [-0.15, -0.1) is 0 Å². The molecular formula is C20H26N4O3. The number of piperazine rings is 1. The Morgan fingerprint density at radius 2 is 1.85 bits per heavy atom. The summed E-state index contributed by atoms with van der Waals surface area (Å²) in [6.07, 6.45) is 5.22. The Labute approximate surface area is 157 Å². The predicted molar refractivity (Wildman–Crippen MR) is 103 cm³/mol. The number of aromatic amines is 2. The van der Waals surface area contributed by atoms with Gasteiger partial charge in [0.05, 0.1) is 16.4 Å². The predicted octanol–water partition coefficient (Wildman–Crippen LogP) is 1.85. The largest absolute Gasteiger partial charge is 0.462 e. The van der Waals surface area contributed by atoms with Crippen LogP contribution in [0.15, 0.2) is 23.0 Å². The fourth-order valence-electron chi connectivity index (χ4n) is 4.78. The number of hydrogen-bond donors (Lipinski definition) is 2. The number of imidazole rings is 1. The third kappa shape index (κ3) is 3.04. The highest BCUT2D eigenvalue weighted by Crippen LogP contribution is 2.50. The molecule has 27 heavy (non-hydrogen) atoms. The van der Waals surface area contributed by atoms with E-state index in [1.54, 1.807) is 0 Å². The second-order valence-electron chi connectivity index (χ2n) is 8.29. The average molecular weight is 370 g/mol. The molecule has 1 aromatic heterocycles. The molecule has 0 bridgehead atoms. The van der Waals surface area contributed by atoms with Crippen molar-refractivity contribution < 1.29 is 9.53 Å². The maximum Gasteiger partial charge on any atom is 0.323 e. The molecule has 7 heteroatoms. The first-order chi connectivity index (χ1) is 13.1. The van der Waals surface area contributed by atoms with Crippen molar-refractivity contribution in [1.29, 1.82) is 0 Å². The summed E-state index contributed by atoms with van der Waals surface area (Å²) in [6.45, 7) is 4.94. The van der Waals surface area contributed by atoms with Crippen LogP contribution in [-0.4, -0.2) is 59.7 Å². The van der Waals surface area contributed by atoms with E-state index in [0.717, 1.165) is 75.1 Å². The lowest BCUT2D eigenvalue weighted by atomic mass is 9.67. The van der Waals surface area contributed by atoms with Crippen LogP contribution in [0.3, 0.4) is 0 Å². The highest BCUT2D eigenvalue weighted by molar-refractivity contribution is 5.80. The molecule has 1 saturated carbocycles. The zero-order valence-electron chi connectivity index (χ0n) is 15.5. The van der Waals surface area contributed by atoms with Crippen molar-refractivity contribution in [1.82, 2.24) is 14.9 Å². The number of benzene rings is 1. The van der Waals surface area contributed by atoms with Crippen molar-refractivity contribution >= 4 is 22.7 Å². The molecule has 2 aromatic rings. The molecule has 0 amide bonds. The standard InChI is InChI=1S/C20H26N4O3/c25-18-20(5-1-6-20)13-15(27-18)4-7-23-8-10-24(11-9-23)14-2-3-16-17(12-14)22-19(26)21-16/h2-3,12,15H,1,4-11,13H2,(H2,21,22,26). The summed E-state index contributed by atoms with van der Waals surface area (Å²) in [5.41, 5.74) is 2.57. The number of nitrogens with zero attached hydrogens (tertiary/aromatic N) is 2. The van der Waals surface area contributed by atoms with Gasteiger partial charge in [-0.2, -0.15) is 0 Å². The minimum absolute atomic E-state index is 0.0572. The molecule has 2 N–H and O–H groups in total. The molecule has 1 aliphatic carbocycles. The van der Waals surface area contributed by atoms with Gasteiger partial charge in [-0.3, -0.25) is 9.69 Å². The summed E-state index contributed by atoms with van der Waals surface area (Å²) in [4.78, 5) is 33.9. The van der Waals surface area contributed by atoms with Crippen LogP contribution in [0.2, 0.25) is 0 Å². The third-order valence-corrected chi connectivity index (χ3v) is 6.64. The SMILES string of the molecule is O=C1OC(CCN2CCN(c3ccc4[nH]c(=O)[nH]c4c3)CC2)CC12CCC2. The number of esters is 1. The molecule has 0 radical (unpaired) electrons. The first-order valence-corrected chi connectivity index (χ1v) is 10.0. The van der Waals surface area contributed by atoms with Crippen LogP contribution in [-0.2, 0) is 9.53 Å². The molecule has 1 atom stereocenters. The summed E-state index contributed by atoms with van der Waals surface area (Å²) in [7, 11) is 0. The molecule has 3 fully saturated rings. The van der Waals surface area contributed by atoms with Gasteiger partial charge in [-0.25, -0.2) is 4.79 Å². The molecule has 2 aliphatic heterocycles. The lowest BCUT2D eigenvalue weighted by Crippen LogP contribution is -2.47. The van der Waals surface area contributed by atoms with Crippen molar-refractivity contribution in [3.8, 4) is 0 Å². The van der Waals surface area contributed by atoms with Gasteiger partial charge in [0.1, 0.15) is 6.10 Å². The monoisotopic (exact) mass is 370 g/mol. The average Bonchev–Trinajstić information content (AvgIpc) is 3.18. The number of hydrogen-bond acceptors (Lipinski definition) is 5. The Morgan fingerprint density at radius 1 is 1.07 bits per heavy atom. The van der Waals surface area contributed by atoms with E-state index < -0.39 is 0 Å². The van der Waals surface area contributed by atoms with E-state index in [-0.39, 0.29) is 23.2 Å². The minimum Gasteiger partial charge on any atom is -0.462 e. The van der Waals surface area contributed by atoms with Gasteiger partial charge in [0.15, 0.2) is 0 Å². The van der Waals surface area contributed by atoms with Crippen molar-refractivity contribution in [2.45, 2.75) is 38.2 Å². The molecule has 3 heterocycles. The lowest BCUT2D eigenvalue weighted by molar-refractivity contribution is -0.152. The molecular weight excluding hydrogens is 344 g/mol. The number of carbonyl (C=O) groups is 1. The van der Waals surface area contributed by atoms with Crippen LogP contribution in [0.25, 0.3) is 11.0 Å². The number of ether oxygens (including phenoxy) is 1. The number of anilines is 1. The number of aromatic nitrogens is 2. The Kier molecular flexibility index (Phi) is 4.00. The highest BCUT2D eigenvalue weighted by Gasteiger charge is 2.52. The van der Waals surface area contributed by atoms with E-state index in [4.69, 9.17) is 4.74 Å². The van der Waals surface area contributed by atoms with Gasteiger partial charge < -0.3 is 19.6 Å². The van der Waals surface area contributed by atoms with Gasteiger partial charge in [-0.1, -0.05) is 6.42 Å². The Balaban J connectivity index is 1.13. The Bertz CT molecular complexity index is 905. The Morgan fingerprint density at radius 3 is 2.56 bits per heavy atom. The molecule has 5 rings (SSSR count). The number of fused-ring (bicyclic) bond motifs is 1. The van der Waals surface area contributed by atoms with Crippen molar-refractivity contribution in [2.75, 3.05) is 37.6 Å².